The van der Waals surface area contributed by atoms with Crippen molar-refractivity contribution < 1.29 is 22.8 Å². The van der Waals surface area contributed by atoms with E-state index < -0.39 is 25.5 Å². The fourth-order valence-corrected chi connectivity index (χ4v) is 3.99. The van der Waals surface area contributed by atoms with Crippen molar-refractivity contribution in [3.05, 3.63) is 33.6 Å². The molecule has 10 nitrogen and oxygen atoms in total. The van der Waals surface area contributed by atoms with E-state index in [1.54, 1.807) is 20.9 Å². The van der Waals surface area contributed by atoms with Gasteiger partial charge in [0, 0.05) is 19.5 Å². The minimum Gasteiger partial charge on any atom is -0.490 e. The van der Waals surface area contributed by atoms with Crippen molar-refractivity contribution in [2.24, 2.45) is 7.05 Å². The smallest absolute Gasteiger partial charge is 0.293 e. The Bertz CT molecular complexity index is 983. The third kappa shape index (κ3) is 3.17. The summed E-state index contributed by atoms with van der Waals surface area (Å²) in [6.45, 7) is 4.01. The molecule has 1 aromatic carbocycles. The van der Waals surface area contributed by atoms with Crippen molar-refractivity contribution >= 4 is 21.4 Å². The fourth-order valence-electron chi connectivity index (χ4n) is 2.65. The summed E-state index contributed by atoms with van der Waals surface area (Å²) in [6, 6.07) is 2.21. The number of nitro groups is 1. The van der Waals surface area contributed by atoms with E-state index in [-0.39, 0.29) is 17.2 Å². The summed E-state index contributed by atoms with van der Waals surface area (Å²) < 4.78 is 40.5. The van der Waals surface area contributed by atoms with E-state index in [9.17, 15) is 18.5 Å². The van der Waals surface area contributed by atoms with Gasteiger partial charge in [-0.05, 0) is 13.8 Å². The molecule has 1 N–H and O–H groups in total. The van der Waals surface area contributed by atoms with Gasteiger partial charge in [0.15, 0.2) is 16.4 Å². The molecule has 0 atom stereocenters. The van der Waals surface area contributed by atoms with Gasteiger partial charge in [0.05, 0.1) is 41.3 Å². The number of hydrogen-bond donors (Lipinski definition) is 1. The number of aryl methyl sites for hydroxylation is 2. The first kappa shape index (κ1) is 18.0. The van der Waals surface area contributed by atoms with Crippen molar-refractivity contribution in [3.8, 4) is 11.5 Å². The SMILES string of the molecule is Cc1nn(C)c(C)c1NS(=O)(=O)c1cc2c(cc1[N+](=O)[O-])OCCCO2. The lowest BCUT2D eigenvalue weighted by molar-refractivity contribution is -0.387. The third-order valence-electron chi connectivity index (χ3n) is 4.06. The molecule has 1 aliphatic heterocycles. The van der Waals surface area contributed by atoms with Gasteiger partial charge in [0.2, 0.25) is 0 Å². The molecule has 0 aliphatic carbocycles. The van der Waals surface area contributed by atoms with Gasteiger partial charge in [0.1, 0.15) is 0 Å². The standard InChI is InChI=1S/C15H18N4O6S/c1-9-15(10(2)18(3)16-9)17-26(22,23)14-8-13-12(7-11(14)19(20)21)24-5-4-6-25-13/h7-8,17H,4-6H2,1-3H3. The second-order valence-electron chi connectivity index (χ2n) is 5.85. The number of ether oxygens (including phenoxy) is 2. The number of aromatic nitrogens is 2. The van der Waals surface area contributed by atoms with E-state index in [0.717, 1.165) is 12.1 Å². The monoisotopic (exact) mass is 382 g/mol. The predicted octanol–water partition coefficient (Wildman–Crippen LogP) is 1.91. The highest BCUT2D eigenvalue weighted by Crippen LogP contribution is 2.39. The highest BCUT2D eigenvalue weighted by molar-refractivity contribution is 7.92. The Morgan fingerprint density at radius 3 is 2.38 bits per heavy atom. The van der Waals surface area contributed by atoms with Gasteiger partial charge in [-0.2, -0.15) is 5.10 Å². The first-order chi connectivity index (χ1) is 12.2. The van der Waals surface area contributed by atoms with Gasteiger partial charge in [-0.1, -0.05) is 0 Å². The zero-order chi connectivity index (χ0) is 19.1. The molecule has 0 radical (unpaired) electrons. The number of nitro benzene ring substituents is 1. The number of nitrogens with one attached hydrogen (secondary N) is 1. The minimum atomic E-state index is -4.25. The Labute approximate surface area is 149 Å². The van der Waals surface area contributed by atoms with Crippen LogP contribution >= 0.6 is 0 Å². The lowest BCUT2D eigenvalue weighted by Crippen LogP contribution is -2.16. The molecule has 3 rings (SSSR count). The van der Waals surface area contributed by atoms with Gasteiger partial charge in [-0.25, -0.2) is 8.42 Å². The van der Waals surface area contributed by atoms with E-state index in [1.165, 1.54) is 4.68 Å². The number of benzene rings is 1. The van der Waals surface area contributed by atoms with Crippen molar-refractivity contribution in [3.63, 3.8) is 0 Å². The van der Waals surface area contributed by atoms with E-state index in [0.29, 0.717) is 31.0 Å². The largest absolute Gasteiger partial charge is 0.490 e. The van der Waals surface area contributed by atoms with Crippen molar-refractivity contribution in [1.29, 1.82) is 0 Å². The van der Waals surface area contributed by atoms with Crippen molar-refractivity contribution in [1.82, 2.24) is 9.78 Å². The highest BCUT2D eigenvalue weighted by atomic mass is 32.2. The number of sulfonamides is 1. The summed E-state index contributed by atoms with van der Waals surface area (Å²) >= 11 is 0. The van der Waals surface area contributed by atoms with Crippen LogP contribution in [0, 0.1) is 24.0 Å². The van der Waals surface area contributed by atoms with E-state index in [2.05, 4.69) is 9.82 Å². The molecule has 0 unspecified atom stereocenters. The number of hydrogen-bond acceptors (Lipinski definition) is 7. The van der Waals surface area contributed by atoms with Crippen molar-refractivity contribution in [2.45, 2.75) is 25.2 Å². The molecular weight excluding hydrogens is 364 g/mol. The fraction of sp³-hybridized carbons (Fsp3) is 0.400. The summed E-state index contributed by atoms with van der Waals surface area (Å²) in [5, 5.41) is 15.6. The Hall–Kier alpha value is -2.82. The molecule has 1 aromatic heterocycles. The van der Waals surface area contributed by atoms with Gasteiger partial charge in [0.25, 0.3) is 15.7 Å². The average molecular weight is 382 g/mol. The maximum Gasteiger partial charge on any atom is 0.293 e. The first-order valence-corrected chi connectivity index (χ1v) is 9.30. The van der Waals surface area contributed by atoms with Crippen LogP contribution in [0.4, 0.5) is 11.4 Å². The molecular formula is C15H18N4O6S. The molecule has 0 amide bonds. The summed E-state index contributed by atoms with van der Waals surface area (Å²) in [5.74, 6) is 0.315. The van der Waals surface area contributed by atoms with Crippen molar-refractivity contribution in [2.75, 3.05) is 17.9 Å². The first-order valence-electron chi connectivity index (χ1n) is 7.82. The maximum atomic E-state index is 12.9. The molecule has 26 heavy (non-hydrogen) atoms. The van der Waals surface area contributed by atoms with Gasteiger partial charge >= 0.3 is 0 Å². The van der Waals surface area contributed by atoms with E-state index in [1.807, 2.05) is 0 Å². The Morgan fingerprint density at radius 2 is 1.85 bits per heavy atom. The van der Waals surface area contributed by atoms with Crippen LogP contribution in [0.25, 0.3) is 0 Å². The quantitative estimate of drug-likeness (QED) is 0.632. The van der Waals surface area contributed by atoms with Crippen LogP contribution in [0.5, 0.6) is 11.5 Å². The summed E-state index contributed by atoms with van der Waals surface area (Å²) in [4.78, 5) is 10.2. The van der Waals surface area contributed by atoms with Gasteiger partial charge in [-0.15, -0.1) is 0 Å². The number of rotatable bonds is 4. The molecule has 11 heteroatoms. The summed E-state index contributed by atoms with van der Waals surface area (Å²) in [7, 11) is -2.57. The van der Waals surface area contributed by atoms with E-state index >= 15 is 0 Å². The zero-order valence-corrected chi connectivity index (χ0v) is 15.3. The van der Waals surface area contributed by atoms with Gasteiger partial charge < -0.3 is 9.47 Å². The number of nitrogens with zero attached hydrogens (tertiary/aromatic N) is 3. The van der Waals surface area contributed by atoms with Crippen LogP contribution in [-0.2, 0) is 17.1 Å². The lowest BCUT2D eigenvalue weighted by atomic mass is 10.3. The van der Waals surface area contributed by atoms with Crippen LogP contribution in [0.15, 0.2) is 17.0 Å². The predicted molar refractivity (Wildman–Crippen MR) is 92.2 cm³/mol. The molecule has 1 aliphatic rings. The number of anilines is 1. The van der Waals surface area contributed by atoms with Crippen LogP contribution in [0.1, 0.15) is 17.8 Å². The molecule has 0 fully saturated rings. The molecule has 0 spiro atoms. The second kappa shape index (κ2) is 6.48. The average Bonchev–Trinajstić information content (AvgIpc) is 2.76. The van der Waals surface area contributed by atoms with Crippen LogP contribution in [0.2, 0.25) is 0 Å². The van der Waals surface area contributed by atoms with E-state index in [4.69, 9.17) is 9.47 Å². The normalized spacial score (nSPS) is 14.0. The molecule has 140 valence electrons. The Kier molecular flexibility index (Phi) is 4.48. The molecule has 2 heterocycles. The number of fused-ring (bicyclic) bond motifs is 1. The Balaban J connectivity index is 2.11. The molecule has 0 saturated carbocycles. The summed E-state index contributed by atoms with van der Waals surface area (Å²) in [6.07, 6.45) is 0.594. The maximum absolute atomic E-state index is 12.9. The molecule has 0 saturated heterocycles. The van der Waals surface area contributed by atoms with Crippen LogP contribution < -0.4 is 14.2 Å². The summed E-state index contributed by atoms with van der Waals surface area (Å²) in [5.41, 5.74) is 0.753. The molecule has 0 bridgehead atoms. The Morgan fingerprint density at radius 1 is 1.23 bits per heavy atom. The van der Waals surface area contributed by atoms with Gasteiger partial charge in [-0.3, -0.25) is 19.5 Å². The van der Waals surface area contributed by atoms with Crippen LogP contribution in [-0.4, -0.2) is 36.3 Å². The third-order valence-corrected chi connectivity index (χ3v) is 5.44. The minimum absolute atomic E-state index is 0.155. The molecule has 2 aromatic rings. The van der Waals surface area contributed by atoms with Crippen LogP contribution in [0.3, 0.4) is 0 Å². The lowest BCUT2D eigenvalue weighted by Gasteiger charge is -2.12. The zero-order valence-electron chi connectivity index (χ0n) is 14.5. The topological polar surface area (TPSA) is 126 Å². The highest BCUT2D eigenvalue weighted by Gasteiger charge is 2.31. The second-order valence-corrected chi connectivity index (χ2v) is 7.50.